The standard InChI is InChI=1S/C5H10N3S2/c9-5-7-10-8-3-1-6-2-4-8/h6H,1-4H2,(H,7,9). The van der Waals surface area contributed by atoms with Crippen LogP contribution < -0.4 is 10.0 Å². The molecule has 0 bridgehead atoms. The Kier molecular flexibility index (Phi) is 4.04. The smallest absolute Gasteiger partial charge is 0.145 e. The van der Waals surface area contributed by atoms with E-state index < -0.39 is 0 Å². The molecule has 1 saturated heterocycles. The van der Waals surface area contributed by atoms with Crippen molar-refractivity contribution in [1.82, 2.24) is 14.3 Å². The van der Waals surface area contributed by atoms with Gasteiger partial charge in [-0.15, -0.1) is 0 Å². The first-order valence-electron chi connectivity index (χ1n) is 3.18. The van der Waals surface area contributed by atoms with Gasteiger partial charge in [-0.2, -0.15) is 0 Å². The summed E-state index contributed by atoms with van der Waals surface area (Å²) in [6.07, 6.45) is 0. The maximum absolute atomic E-state index is 4.50. The Morgan fingerprint density at radius 1 is 1.50 bits per heavy atom. The lowest BCUT2D eigenvalue weighted by Crippen LogP contribution is -2.40. The van der Waals surface area contributed by atoms with Crippen LogP contribution in [0.3, 0.4) is 0 Å². The largest absolute Gasteiger partial charge is 0.314 e. The predicted octanol–water partition coefficient (Wildman–Crippen LogP) is -0.121. The second kappa shape index (κ2) is 4.90. The first-order valence-corrected chi connectivity index (χ1v) is 4.36. The van der Waals surface area contributed by atoms with Crippen LogP contribution in [0.5, 0.6) is 0 Å². The van der Waals surface area contributed by atoms with Crippen LogP contribution in [0.1, 0.15) is 0 Å². The Labute approximate surface area is 70.8 Å². The monoisotopic (exact) mass is 176 g/mol. The molecule has 3 nitrogen and oxygen atoms in total. The highest BCUT2D eigenvalue weighted by atomic mass is 32.2. The summed E-state index contributed by atoms with van der Waals surface area (Å²) in [5.41, 5.74) is 2.45. The van der Waals surface area contributed by atoms with Gasteiger partial charge in [-0.05, 0) is 0 Å². The van der Waals surface area contributed by atoms with Crippen molar-refractivity contribution in [3.63, 3.8) is 0 Å². The molecular formula is C5H10N3S2. The molecular weight excluding hydrogens is 166 g/mol. The predicted molar refractivity (Wildman–Crippen MR) is 47.8 cm³/mol. The van der Waals surface area contributed by atoms with E-state index in [-0.39, 0.29) is 0 Å². The number of hydrogen-bond acceptors (Lipinski definition) is 4. The molecule has 0 aromatic heterocycles. The van der Waals surface area contributed by atoms with Crippen LogP contribution >= 0.6 is 24.4 Å². The average Bonchev–Trinajstić information content (AvgIpc) is 2.03. The minimum Gasteiger partial charge on any atom is -0.314 e. The van der Waals surface area contributed by atoms with Gasteiger partial charge in [0, 0.05) is 38.3 Å². The molecule has 0 amide bonds. The van der Waals surface area contributed by atoms with E-state index >= 15 is 0 Å². The van der Waals surface area contributed by atoms with Crippen molar-refractivity contribution >= 4 is 29.8 Å². The molecule has 0 spiro atoms. The highest BCUT2D eigenvalue weighted by Gasteiger charge is 2.08. The zero-order chi connectivity index (χ0) is 7.23. The molecule has 1 heterocycles. The first kappa shape index (κ1) is 8.26. The summed E-state index contributed by atoms with van der Waals surface area (Å²) in [5, 5.41) is 3.26. The number of hydrogen-bond donors (Lipinski definition) is 2. The van der Waals surface area contributed by atoms with Crippen molar-refractivity contribution in [2.75, 3.05) is 26.2 Å². The van der Waals surface area contributed by atoms with Gasteiger partial charge < -0.3 is 10.0 Å². The summed E-state index contributed by atoms with van der Waals surface area (Å²) < 4.78 is 5.02. The molecule has 0 aromatic carbocycles. The van der Waals surface area contributed by atoms with E-state index in [1.165, 1.54) is 12.1 Å². The molecule has 0 atom stereocenters. The highest BCUT2D eigenvalue weighted by molar-refractivity contribution is 7.96. The second-order valence-corrected chi connectivity index (χ2v) is 3.08. The van der Waals surface area contributed by atoms with E-state index in [0.29, 0.717) is 0 Å². The maximum atomic E-state index is 4.50. The van der Waals surface area contributed by atoms with E-state index in [4.69, 9.17) is 0 Å². The molecule has 57 valence electrons. The normalized spacial score (nSPS) is 20.4. The fourth-order valence-corrected chi connectivity index (χ4v) is 1.46. The van der Waals surface area contributed by atoms with Gasteiger partial charge in [-0.1, -0.05) is 12.2 Å². The van der Waals surface area contributed by atoms with Crippen LogP contribution in [0.25, 0.3) is 0 Å². The van der Waals surface area contributed by atoms with Crippen molar-refractivity contribution in [1.29, 1.82) is 0 Å². The van der Waals surface area contributed by atoms with Crippen LogP contribution in [-0.2, 0) is 0 Å². The van der Waals surface area contributed by atoms with Crippen LogP contribution in [0, 0.1) is 0 Å². The SMILES string of the molecule is S=[C]NSN1CCNCC1. The van der Waals surface area contributed by atoms with Crippen LogP contribution in [0.15, 0.2) is 0 Å². The number of nitrogens with zero attached hydrogens (tertiary/aromatic N) is 1. The number of thiocarbonyl (C=S) groups is 1. The fourth-order valence-electron chi connectivity index (χ4n) is 0.819. The van der Waals surface area contributed by atoms with Crippen molar-refractivity contribution < 1.29 is 0 Å². The number of piperazine rings is 1. The van der Waals surface area contributed by atoms with Crippen molar-refractivity contribution in [2.24, 2.45) is 0 Å². The first-order chi connectivity index (χ1) is 4.93. The molecule has 1 aliphatic heterocycles. The Hall–Kier alpha value is 0.160. The summed E-state index contributed by atoms with van der Waals surface area (Å²) in [5.74, 6) is 0. The van der Waals surface area contributed by atoms with Crippen LogP contribution in [-0.4, -0.2) is 36.0 Å². The van der Waals surface area contributed by atoms with Crippen molar-refractivity contribution in [3.8, 4) is 0 Å². The van der Waals surface area contributed by atoms with Crippen LogP contribution in [0.2, 0.25) is 0 Å². The molecule has 5 heteroatoms. The lowest BCUT2D eigenvalue weighted by atomic mass is 10.4. The molecule has 1 radical (unpaired) electrons. The Balaban J connectivity index is 2.07. The maximum Gasteiger partial charge on any atom is 0.145 e. The molecule has 10 heavy (non-hydrogen) atoms. The summed E-state index contributed by atoms with van der Waals surface area (Å²) in [6, 6.07) is 0. The summed E-state index contributed by atoms with van der Waals surface area (Å²) >= 11 is 6.02. The van der Waals surface area contributed by atoms with Gasteiger partial charge in [0.1, 0.15) is 5.49 Å². The van der Waals surface area contributed by atoms with E-state index in [9.17, 15) is 0 Å². The minimum absolute atomic E-state index is 1.06. The zero-order valence-electron chi connectivity index (χ0n) is 5.59. The third-order valence-corrected chi connectivity index (χ3v) is 2.34. The third-order valence-electron chi connectivity index (χ3n) is 1.29. The molecule has 0 aromatic rings. The van der Waals surface area contributed by atoms with Gasteiger partial charge in [0.25, 0.3) is 0 Å². The van der Waals surface area contributed by atoms with Gasteiger partial charge >= 0.3 is 0 Å². The molecule has 1 aliphatic rings. The molecule has 0 saturated carbocycles. The summed E-state index contributed by atoms with van der Waals surface area (Å²) in [4.78, 5) is 0. The van der Waals surface area contributed by atoms with Gasteiger partial charge in [-0.25, -0.2) is 4.31 Å². The van der Waals surface area contributed by atoms with Gasteiger partial charge in [-0.3, -0.25) is 0 Å². The fraction of sp³-hybridized carbons (Fsp3) is 0.800. The Morgan fingerprint density at radius 2 is 2.20 bits per heavy atom. The topological polar surface area (TPSA) is 27.3 Å². The van der Waals surface area contributed by atoms with Crippen molar-refractivity contribution in [3.05, 3.63) is 0 Å². The van der Waals surface area contributed by atoms with E-state index in [2.05, 4.69) is 32.1 Å². The Morgan fingerprint density at radius 3 is 2.80 bits per heavy atom. The van der Waals surface area contributed by atoms with Gasteiger partial charge in [0.15, 0.2) is 0 Å². The Bertz CT molecular complexity index is 103. The molecule has 1 fully saturated rings. The van der Waals surface area contributed by atoms with E-state index in [1.54, 1.807) is 0 Å². The summed E-state index contributed by atoms with van der Waals surface area (Å²) in [6.45, 7) is 4.25. The average molecular weight is 176 g/mol. The van der Waals surface area contributed by atoms with Gasteiger partial charge in [0.2, 0.25) is 0 Å². The zero-order valence-corrected chi connectivity index (χ0v) is 7.23. The van der Waals surface area contributed by atoms with Crippen LogP contribution in [0.4, 0.5) is 0 Å². The van der Waals surface area contributed by atoms with E-state index in [1.807, 2.05) is 0 Å². The number of nitrogens with one attached hydrogen (secondary N) is 2. The minimum atomic E-state index is 1.06. The molecule has 1 rings (SSSR count). The van der Waals surface area contributed by atoms with Gasteiger partial charge in [0.05, 0.1) is 0 Å². The quantitative estimate of drug-likeness (QED) is 0.355. The van der Waals surface area contributed by atoms with E-state index in [0.717, 1.165) is 26.2 Å². The lowest BCUT2D eigenvalue weighted by molar-refractivity contribution is 0.396. The highest BCUT2D eigenvalue weighted by Crippen LogP contribution is 2.03. The molecule has 0 unspecified atom stereocenters. The van der Waals surface area contributed by atoms with Crippen molar-refractivity contribution in [2.45, 2.75) is 0 Å². The molecule has 0 aliphatic carbocycles. The lowest BCUT2D eigenvalue weighted by Gasteiger charge is -2.24. The summed E-state index contributed by atoms with van der Waals surface area (Å²) in [7, 11) is 0. The second-order valence-electron chi connectivity index (χ2n) is 1.97. The number of rotatable bonds is 3. The molecule has 2 N–H and O–H groups in total. The third kappa shape index (κ3) is 2.83.